The van der Waals surface area contributed by atoms with Gasteiger partial charge in [-0.05, 0) is 42.0 Å². The average Bonchev–Trinajstić information content (AvgIpc) is 2.90. The van der Waals surface area contributed by atoms with Gasteiger partial charge in [0, 0.05) is 31.2 Å². The Morgan fingerprint density at radius 1 is 1.23 bits per heavy atom. The topological polar surface area (TPSA) is 15.3 Å². The van der Waals surface area contributed by atoms with Crippen molar-refractivity contribution >= 4 is 11.6 Å². The highest BCUT2D eigenvalue weighted by atomic mass is 35.5. The molecular formula is C16H20ClF3N2. The van der Waals surface area contributed by atoms with Crippen LogP contribution in [0.15, 0.2) is 24.3 Å². The summed E-state index contributed by atoms with van der Waals surface area (Å²) in [4.78, 5) is 1.95. The van der Waals surface area contributed by atoms with E-state index < -0.39 is 12.6 Å². The van der Waals surface area contributed by atoms with Crippen LogP contribution in [0.1, 0.15) is 12.0 Å². The van der Waals surface area contributed by atoms with Crippen molar-refractivity contribution in [2.24, 2.45) is 17.8 Å². The monoisotopic (exact) mass is 332 g/mol. The van der Waals surface area contributed by atoms with E-state index in [2.05, 4.69) is 5.32 Å². The molecule has 0 radical (unpaired) electrons. The summed E-state index contributed by atoms with van der Waals surface area (Å²) in [7, 11) is 0. The summed E-state index contributed by atoms with van der Waals surface area (Å²) in [5.41, 5.74) is 1.16. The minimum absolute atomic E-state index is 0.152. The maximum absolute atomic E-state index is 12.2. The van der Waals surface area contributed by atoms with E-state index in [0.29, 0.717) is 17.8 Å². The Morgan fingerprint density at radius 3 is 2.59 bits per heavy atom. The van der Waals surface area contributed by atoms with Crippen molar-refractivity contribution in [3.05, 3.63) is 34.9 Å². The quantitative estimate of drug-likeness (QED) is 0.857. The molecule has 6 heteroatoms. The molecule has 2 aliphatic rings. The maximum Gasteiger partial charge on any atom is 0.390 e. The smallest absolute Gasteiger partial charge is 0.312 e. The molecule has 1 saturated carbocycles. The zero-order chi connectivity index (χ0) is 15.7. The summed E-state index contributed by atoms with van der Waals surface area (Å²) in [5.74, 6) is 1.79. The molecule has 2 fully saturated rings. The lowest BCUT2D eigenvalue weighted by atomic mass is 10.2. The molecule has 2 unspecified atom stereocenters. The van der Waals surface area contributed by atoms with Crippen molar-refractivity contribution in [3.8, 4) is 0 Å². The van der Waals surface area contributed by atoms with Crippen LogP contribution in [0.25, 0.3) is 0 Å². The average molecular weight is 333 g/mol. The molecule has 1 saturated heterocycles. The van der Waals surface area contributed by atoms with E-state index in [1.54, 1.807) is 0 Å². The van der Waals surface area contributed by atoms with Crippen LogP contribution in [0.5, 0.6) is 0 Å². The van der Waals surface area contributed by atoms with E-state index in [1.165, 1.54) is 0 Å². The molecule has 1 N–H and O–H groups in total. The number of piperidine rings is 1. The molecule has 1 aliphatic heterocycles. The van der Waals surface area contributed by atoms with Crippen LogP contribution in [-0.2, 0) is 6.54 Å². The second-order valence-electron chi connectivity index (χ2n) is 6.38. The number of alkyl halides is 3. The third-order valence-electron chi connectivity index (χ3n) is 4.76. The fourth-order valence-electron chi connectivity index (χ4n) is 3.54. The molecule has 0 bridgehead atoms. The lowest BCUT2D eigenvalue weighted by molar-refractivity contribution is -0.137. The third kappa shape index (κ3) is 4.15. The predicted molar refractivity (Wildman–Crippen MR) is 80.7 cm³/mol. The summed E-state index contributed by atoms with van der Waals surface area (Å²) in [5, 5.41) is 4.17. The molecule has 3 rings (SSSR count). The Labute approximate surface area is 133 Å². The normalized spacial score (nSPS) is 27.9. The van der Waals surface area contributed by atoms with Crippen LogP contribution in [0.3, 0.4) is 0 Å². The Kier molecular flexibility index (Phi) is 4.67. The number of halogens is 4. The molecule has 1 aromatic carbocycles. The van der Waals surface area contributed by atoms with Gasteiger partial charge in [-0.1, -0.05) is 23.7 Å². The second-order valence-corrected chi connectivity index (χ2v) is 6.81. The molecule has 1 heterocycles. The highest BCUT2D eigenvalue weighted by molar-refractivity contribution is 6.30. The van der Waals surface area contributed by atoms with Crippen LogP contribution in [-0.4, -0.2) is 37.3 Å². The third-order valence-corrected chi connectivity index (χ3v) is 4.99. The number of fused-ring (bicyclic) bond motifs is 1. The number of hydrogen-bond acceptors (Lipinski definition) is 2. The first-order chi connectivity index (χ1) is 10.4. The predicted octanol–water partition coefficient (Wildman–Crippen LogP) is 3.56. The van der Waals surface area contributed by atoms with Gasteiger partial charge in [-0.15, -0.1) is 0 Å². The minimum atomic E-state index is -4.04. The Hall–Kier alpha value is -0.780. The van der Waals surface area contributed by atoms with Crippen molar-refractivity contribution in [2.45, 2.75) is 19.1 Å². The highest BCUT2D eigenvalue weighted by Gasteiger charge is 2.54. The number of nitrogens with one attached hydrogen (secondary N) is 1. The van der Waals surface area contributed by atoms with Gasteiger partial charge in [0.1, 0.15) is 0 Å². The summed E-state index contributed by atoms with van der Waals surface area (Å²) < 4.78 is 36.6. The zero-order valence-corrected chi connectivity index (χ0v) is 13.0. The number of nitrogens with zero attached hydrogens (tertiary/aromatic N) is 1. The molecule has 2 nitrogen and oxygen atoms in total. The van der Waals surface area contributed by atoms with Gasteiger partial charge in [0.15, 0.2) is 0 Å². The highest BCUT2D eigenvalue weighted by Crippen LogP contribution is 2.51. The SMILES string of the molecule is FC(F)(F)CCN1CC2C(CNCc3cccc(Cl)c3)C2C1. The fourth-order valence-corrected chi connectivity index (χ4v) is 3.75. The van der Waals surface area contributed by atoms with E-state index >= 15 is 0 Å². The summed E-state index contributed by atoms with van der Waals surface area (Å²) in [6.45, 7) is 3.52. The van der Waals surface area contributed by atoms with Crippen molar-refractivity contribution < 1.29 is 13.2 Å². The van der Waals surface area contributed by atoms with Crippen molar-refractivity contribution in [1.29, 1.82) is 0 Å². The lowest BCUT2D eigenvalue weighted by Crippen LogP contribution is -2.30. The van der Waals surface area contributed by atoms with Gasteiger partial charge in [-0.2, -0.15) is 13.2 Å². The lowest BCUT2D eigenvalue weighted by Gasteiger charge is -2.20. The second kappa shape index (κ2) is 6.38. The van der Waals surface area contributed by atoms with Crippen molar-refractivity contribution in [1.82, 2.24) is 10.2 Å². The summed E-state index contributed by atoms with van der Waals surface area (Å²) in [6, 6.07) is 7.77. The molecule has 122 valence electrons. The van der Waals surface area contributed by atoms with Gasteiger partial charge in [0.05, 0.1) is 6.42 Å². The molecule has 2 atom stereocenters. The summed E-state index contributed by atoms with van der Waals surface area (Å²) >= 11 is 5.94. The standard InChI is InChI=1S/C16H20ClF3N2/c17-12-3-1-2-11(6-12)7-21-8-13-14-9-22(10-15(13)14)5-4-16(18,19)20/h1-3,6,13-15,21H,4-5,7-10H2. The first kappa shape index (κ1) is 16.1. The van der Waals surface area contributed by atoms with Gasteiger partial charge < -0.3 is 10.2 Å². The largest absolute Gasteiger partial charge is 0.390 e. The van der Waals surface area contributed by atoms with E-state index in [-0.39, 0.29) is 6.54 Å². The van der Waals surface area contributed by atoms with E-state index in [1.807, 2.05) is 29.2 Å². The number of likely N-dealkylation sites (tertiary alicyclic amines) is 1. The van der Waals surface area contributed by atoms with E-state index in [0.717, 1.165) is 36.8 Å². The summed E-state index contributed by atoms with van der Waals surface area (Å²) in [6.07, 6.45) is -4.73. The van der Waals surface area contributed by atoms with Gasteiger partial charge in [0.25, 0.3) is 0 Å². The van der Waals surface area contributed by atoms with Crippen molar-refractivity contribution in [3.63, 3.8) is 0 Å². The molecule has 22 heavy (non-hydrogen) atoms. The maximum atomic E-state index is 12.2. The molecule has 0 spiro atoms. The molecule has 0 aromatic heterocycles. The Morgan fingerprint density at radius 2 is 1.95 bits per heavy atom. The van der Waals surface area contributed by atoms with Gasteiger partial charge in [0.2, 0.25) is 0 Å². The van der Waals surface area contributed by atoms with Gasteiger partial charge in [-0.3, -0.25) is 0 Å². The first-order valence-corrected chi connectivity index (χ1v) is 8.04. The fraction of sp³-hybridized carbons (Fsp3) is 0.625. The van der Waals surface area contributed by atoms with Crippen LogP contribution in [0.4, 0.5) is 13.2 Å². The van der Waals surface area contributed by atoms with Gasteiger partial charge in [-0.25, -0.2) is 0 Å². The van der Waals surface area contributed by atoms with Crippen LogP contribution in [0, 0.1) is 17.8 Å². The number of rotatable bonds is 6. The zero-order valence-electron chi connectivity index (χ0n) is 12.2. The molecule has 0 amide bonds. The van der Waals surface area contributed by atoms with Gasteiger partial charge >= 0.3 is 6.18 Å². The van der Waals surface area contributed by atoms with Crippen LogP contribution < -0.4 is 5.32 Å². The van der Waals surface area contributed by atoms with Crippen molar-refractivity contribution in [2.75, 3.05) is 26.2 Å². The number of benzene rings is 1. The van der Waals surface area contributed by atoms with E-state index in [9.17, 15) is 13.2 Å². The minimum Gasteiger partial charge on any atom is -0.312 e. The Bertz CT molecular complexity index is 508. The van der Waals surface area contributed by atoms with E-state index in [4.69, 9.17) is 11.6 Å². The molecule has 1 aromatic rings. The number of hydrogen-bond donors (Lipinski definition) is 1. The van der Waals surface area contributed by atoms with Crippen LogP contribution >= 0.6 is 11.6 Å². The molecular weight excluding hydrogens is 313 g/mol. The Balaban J connectivity index is 1.33. The van der Waals surface area contributed by atoms with Crippen LogP contribution in [0.2, 0.25) is 5.02 Å². The molecule has 1 aliphatic carbocycles. The first-order valence-electron chi connectivity index (χ1n) is 7.66.